The molecule has 0 radical (unpaired) electrons. The van der Waals surface area contributed by atoms with Gasteiger partial charge in [-0.25, -0.2) is 9.78 Å². The summed E-state index contributed by atoms with van der Waals surface area (Å²) in [6, 6.07) is 9.50. The molecule has 1 N–H and O–H groups in total. The van der Waals surface area contributed by atoms with Gasteiger partial charge in [-0.2, -0.15) is 0 Å². The molecule has 0 unspecified atom stereocenters. The van der Waals surface area contributed by atoms with Gasteiger partial charge >= 0.3 is 17.9 Å². The summed E-state index contributed by atoms with van der Waals surface area (Å²) < 4.78 is 33.1. The Morgan fingerprint density at radius 2 is 1.83 bits per heavy atom. The van der Waals surface area contributed by atoms with Crippen LogP contribution in [0.15, 0.2) is 42.6 Å². The lowest BCUT2D eigenvalue weighted by molar-refractivity contribution is -0.164. The van der Waals surface area contributed by atoms with E-state index in [1.807, 2.05) is 44.2 Å². The third-order valence-electron chi connectivity index (χ3n) is 6.44. The number of methoxy groups -OCH3 is 1. The summed E-state index contributed by atoms with van der Waals surface area (Å²) >= 11 is 0. The standard InChI is InChI=1S/C30H38N2O10/c1-5-10-24(33)40-18-41-27-23(37-4)13-14-31-25(27)28(34)32-22-17-39-29(35)21(16-20-11-8-7-9-12-20)26(38-15-6-2)19(3)42-30(22)36/h7-9,11-14,19,21-22,26H,5-6,10,15-18H2,1-4H3,(H,32,34)/t19-,21+,22-,26-/m0/s1. The van der Waals surface area contributed by atoms with E-state index in [-0.39, 0.29) is 23.6 Å². The lowest BCUT2D eigenvalue weighted by Crippen LogP contribution is -2.46. The maximum Gasteiger partial charge on any atom is 0.332 e. The van der Waals surface area contributed by atoms with Crippen LogP contribution in [0.4, 0.5) is 0 Å². The molecule has 1 aromatic carbocycles. The summed E-state index contributed by atoms with van der Waals surface area (Å²) in [6.07, 6.45) is 1.53. The number of rotatable bonds is 13. The van der Waals surface area contributed by atoms with Crippen molar-refractivity contribution in [2.45, 2.75) is 64.7 Å². The number of nitrogens with one attached hydrogen (secondary N) is 1. The molecular weight excluding hydrogens is 548 g/mol. The number of pyridine rings is 1. The fourth-order valence-corrected chi connectivity index (χ4v) is 4.36. The molecule has 2 heterocycles. The van der Waals surface area contributed by atoms with Crippen LogP contribution in [-0.4, -0.2) is 74.2 Å². The normalized spacial score (nSPS) is 20.7. The third kappa shape index (κ3) is 8.90. The number of aromatic nitrogens is 1. The molecule has 12 heteroatoms. The van der Waals surface area contributed by atoms with Gasteiger partial charge in [0.25, 0.3) is 5.91 Å². The Balaban J connectivity index is 1.80. The highest BCUT2D eigenvalue weighted by Gasteiger charge is 2.40. The second-order valence-electron chi connectivity index (χ2n) is 9.65. The number of carbonyl (C=O) groups excluding carboxylic acids is 4. The Morgan fingerprint density at radius 3 is 2.52 bits per heavy atom. The number of nitrogens with zero attached hydrogens (tertiary/aromatic N) is 1. The molecule has 0 saturated carbocycles. The quantitative estimate of drug-likeness (QED) is 0.210. The SMILES string of the molecule is CCCO[C@H]1[C@H](C)OC(=O)[C@@H](NC(=O)c2nccc(OC)c2OCOC(=O)CCC)COC(=O)[C@@H]1Cc1ccccc1. The lowest BCUT2D eigenvalue weighted by atomic mass is 9.91. The highest BCUT2D eigenvalue weighted by molar-refractivity contribution is 5.98. The van der Waals surface area contributed by atoms with Crippen LogP contribution in [0, 0.1) is 5.92 Å². The van der Waals surface area contributed by atoms with Crippen molar-refractivity contribution in [2.24, 2.45) is 5.92 Å². The summed E-state index contributed by atoms with van der Waals surface area (Å²) in [7, 11) is 1.37. The molecule has 228 valence electrons. The van der Waals surface area contributed by atoms with Gasteiger partial charge in [-0.1, -0.05) is 44.2 Å². The summed E-state index contributed by atoms with van der Waals surface area (Å²) in [4.78, 5) is 55.6. The van der Waals surface area contributed by atoms with Gasteiger partial charge in [0.15, 0.2) is 23.2 Å². The minimum absolute atomic E-state index is 0.0976. The van der Waals surface area contributed by atoms with Crippen molar-refractivity contribution in [1.82, 2.24) is 10.3 Å². The van der Waals surface area contributed by atoms with E-state index in [1.54, 1.807) is 6.92 Å². The molecule has 1 aliphatic heterocycles. The maximum atomic E-state index is 13.3. The number of hydrogen-bond acceptors (Lipinski definition) is 11. The maximum absolute atomic E-state index is 13.3. The first-order valence-corrected chi connectivity index (χ1v) is 13.9. The number of ether oxygens (including phenoxy) is 6. The van der Waals surface area contributed by atoms with Crippen LogP contribution in [0.2, 0.25) is 0 Å². The van der Waals surface area contributed by atoms with E-state index < -0.39 is 61.4 Å². The number of carbonyl (C=O) groups is 4. The molecule has 3 rings (SSSR count). The number of esters is 3. The Kier molecular flexibility index (Phi) is 12.5. The van der Waals surface area contributed by atoms with Crippen molar-refractivity contribution < 1.29 is 47.6 Å². The minimum Gasteiger partial charge on any atom is -0.493 e. The molecule has 1 saturated heterocycles. The van der Waals surface area contributed by atoms with Crippen LogP contribution in [0.1, 0.15) is 56.1 Å². The van der Waals surface area contributed by atoms with Crippen molar-refractivity contribution in [2.75, 3.05) is 27.1 Å². The van der Waals surface area contributed by atoms with E-state index in [4.69, 9.17) is 28.4 Å². The summed E-state index contributed by atoms with van der Waals surface area (Å²) in [5, 5.41) is 2.52. The van der Waals surface area contributed by atoms with Gasteiger partial charge in [0.1, 0.15) is 18.8 Å². The largest absolute Gasteiger partial charge is 0.493 e. The van der Waals surface area contributed by atoms with Crippen LogP contribution in [0.25, 0.3) is 0 Å². The molecule has 2 aromatic rings. The Bertz CT molecular complexity index is 1210. The van der Waals surface area contributed by atoms with Gasteiger partial charge in [-0.15, -0.1) is 0 Å². The number of cyclic esters (lactones) is 2. The Hall–Kier alpha value is -4.19. The molecule has 1 amide bonds. The van der Waals surface area contributed by atoms with Crippen molar-refractivity contribution in [3.8, 4) is 11.5 Å². The predicted octanol–water partition coefficient (Wildman–Crippen LogP) is 3.01. The average molecular weight is 587 g/mol. The molecule has 0 bridgehead atoms. The number of benzene rings is 1. The number of amides is 1. The second kappa shape index (κ2) is 16.3. The highest BCUT2D eigenvalue weighted by Crippen LogP contribution is 2.30. The molecule has 12 nitrogen and oxygen atoms in total. The average Bonchev–Trinajstić information content (AvgIpc) is 3.02. The van der Waals surface area contributed by atoms with Crippen molar-refractivity contribution >= 4 is 23.8 Å². The van der Waals surface area contributed by atoms with Crippen LogP contribution < -0.4 is 14.8 Å². The topological polar surface area (TPSA) is 149 Å². The van der Waals surface area contributed by atoms with Crippen molar-refractivity contribution in [3.63, 3.8) is 0 Å². The summed E-state index contributed by atoms with van der Waals surface area (Å²) in [5.74, 6) is -3.39. The first kappa shape index (κ1) is 32.3. The van der Waals surface area contributed by atoms with Crippen molar-refractivity contribution in [1.29, 1.82) is 0 Å². The van der Waals surface area contributed by atoms with Crippen LogP contribution in [-0.2, 0) is 39.8 Å². The molecule has 1 fully saturated rings. The lowest BCUT2D eigenvalue weighted by Gasteiger charge is -2.29. The Labute approximate surface area is 245 Å². The third-order valence-corrected chi connectivity index (χ3v) is 6.44. The van der Waals surface area contributed by atoms with Gasteiger partial charge in [0.05, 0.1) is 13.0 Å². The van der Waals surface area contributed by atoms with Crippen molar-refractivity contribution in [3.05, 3.63) is 53.9 Å². The van der Waals surface area contributed by atoms with Gasteiger partial charge < -0.3 is 33.7 Å². The summed E-state index contributed by atoms with van der Waals surface area (Å²) in [5.41, 5.74) is 0.656. The Morgan fingerprint density at radius 1 is 1.07 bits per heavy atom. The number of hydrogen-bond donors (Lipinski definition) is 1. The van der Waals surface area contributed by atoms with E-state index >= 15 is 0 Å². The fourth-order valence-electron chi connectivity index (χ4n) is 4.36. The molecular formula is C30H38N2O10. The molecule has 0 aliphatic carbocycles. The highest BCUT2D eigenvalue weighted by atomic mass is 16.7. The van der Waals surface area contributed by atoms with E-state index in [1.165, 1.54) is 19.4 Å². The van der Waals surface area contributed by atoms with E-state index in [2.05, 4.69) is 10.3 Å². The predicted molar refractivity (Wildman–Crippen MR) is 149 cm³/mol. The van der Waals surface area contributed by atoms with Gasteiger partial charge in [-0.05, 0) is 31.7 Å². The first-order valence-electron chi connectivity index (χ1n) is 13.9. The molecule has 42 heavy (non-hydrogen) atoms. The molecule has 4 atom stereocenters. The van der Waals surface area contributed by atoms with Crippen LogP contribution in [0.5, 0.6) is 11.5 Å². The van der Waals surface area contributed by atoms with Gasteiger partial charge in [0.2, 0.25) is 6.79 Å². The molecule has 0 spiro atoms. The van der Waals surface area contributed by atoms with Crippen LogP contribution >= 0.6 is 0 Å². The second-order valence-corrected chi connectivity index (χ2v) is 9.65. The minimum atomic E-state index is -1.35. The zero-order valence-electron chi connectivity index (χ0n) is 24.3. The molecule has 1 aliphatic rings. The smallest absolute Gasteiger partial charge is 0.332 e. The first-order chi connectivity index (χ1) is 20.3. The van der Waals surface area contributed by atoms with E-state index in [0.717, 1.165) is 5.56 Å². The van der Waals surface area contributed by atoms with Crippen LogP contribution in [0.3, 0.4) is 0 Å². The molecule has 1 aromatic heterocycles. The monoisotopic (exact) mass is 586 g/mol. The zero-order valence-corrected chi connectivity index (χ0v) is 24.3. The fraction of sp³-hybridized carbons (Fsp3) is 0.500. The van der Waals surface area contributed by atoms with Gasteiger partial charge in [-0.3, -0.25) is 14.4 Å². The summed E-state index contributed by atoms with van der Waals surface area (Å²) in [6.45, 7) is 4.80. The van der Waals surface area contributed by atoms with E-state index in [9.17, 15) is 19.2 Å². The van der Waals surface area contributed by atoms with Gasteiger partial charge in [0, 0.05) is 25.3 Å². The van der Waals surface area contributed by atoms with E-state index in [0.29, 0.717) is 25.9 Å². The zero-order chi connectivity index (χ0) is 30.5.